The first kappa shape index (κ1) is 13.0. The fraction of sp³-hybridized carbons (Fsp3) is 0.571. The highest BCUT2D eigenvalue weighted by atomic mass is 16.1. The second kappa shape index (κ2) is 5.48. The van der Waals surface area contributed by atoms with Gasteiger partial charge in [-0.2, -0.15) is 0 Å². The van der Waals surface area contributed by atoms with Crippen molar-refractivity contribution in [2.75, 3.05) is 38.6 Å². The lowest BCUT2D eigenvalue weighted by Gasteiger charge is -2.23. The molecule has 0 spiro atoms. The summed E-state index contributed by atoms with van der Waals surface area (Å²) in [6.07, 6.45) is 3.74. The summed E-state index contributed by atoms with van der Waals surface area (Å²) in [5, 5.41) is 0. The fourth-order valence-electron chi connectivity index (χ4n) is 2.70. The number of aryl methyl sites for hydroxylation is 1. The molecule has 0 N–H and O–H groups in total. The maximum Gasteiger partial charge on any atom is 0.151 e. The number of pyridine rings is 1. The van der Waals surface area contributed by atoms with Crippen LogP contribution in [-0.2, 0) is 0 Å². The van der Waals surface area contributed by atoms with Crippen molar-refractivity contribution < 1.29 is 4.79 Å². The molecule has 1 aromatic rings. The molecule has 1 aliphatic heterocycles. The van der Waals surface area contributed by atoms with Gasteiger partial charge in [0, 0.05) is 31.9 Å². The molecule has 1 fully saturated rings. The Morgan fingerprint density at radius 3 is 2.94 bits per heavy atom. The zero-order valence-corrected chi connectivity index (χ0v) is 11.4. The molecule has 0 radical (unpaired) electrons. The molecule has 2 heterocycles. The predicted octanol–water partition coefficient (Wildman–Crippen LogP) is 1.59. The van der Waals surface area contributed by atoms with E-state index in [9.17, 15) is 4.79 Å². The van der Waals surface area contributed by atoms with Gasteiger partial charge in [0.25, 0.3) is 0 Å². The minimum atomic E-state index is 0.644. The quantitative estimate of drug-likeness (QED) is 0.757. The molecule has 0 amide bonds. The molecule has 0 bridgehead atoms. The number of aldehydes is 1. The molecule has 1 saturated heterocycles. The van der Waals surface area contributed by atoms with Crippen LogP contribution in [0.25, 0.3) is 0 Å². The molecule has 0 aromatic carbocycles. The zero-order valence-electron chi connectivity index (χ0n) is 11.4. The number of likely N-dealkylation sites (tertiary alicyclic amines) is 1. The average molecular weight is 247 g/mol. The lowest BCUT2D eigenvalue weighted by molar-refractivity contribution is 0.112. The summed E-state index contributed by atoms with van der Waals surface area (Å²) in [5.41, 5.74) is 1.71. The first-order valence-electron chi connectivity index (χ1n) is 6.41. The van der Waals surface area contributed by atoms with Gasteiger partial charge in [-0.25, -0.2) is 4.98 Å². The monoisotopic (exact) mass is 247 g/mol. The van der Waals surface area contributed by atoms with E-state index < -0.39 is 0 Å². The number of hydrogen-bond acceptors (Lipinski definition) is 4. The molecule has 1 aromatic heterocycles. The van der Waals surface area contributed by atoms with Crippen LogP contribution in [0, 0.1) is 12.8 Å². The summed E-state index contributed by atoms with van der Waals surface area (Å²) < 4.78 is 0. The van der Waals surface area contributed by atoms with Crippen molar-refractivity contribution in [2.24, 2.45) is 5.92 Å². The van der Waals surface area contributed by atoms with Crippen LogP contribution in [0.2, 0.25) is 0 Å². The van der Waals surface area contributed by atoms with E-state index in [0.717, 1.165) is 30.8 Å². The van der Waals surface area contributed by atoms with Gasteiger partial charge in [0.1, 0.15) is 5.82 Å². The Labute approximate surface area is 109 Å². The van der Waals surface area contributed by atoms with Crippen LogP contribution in [0.1, 0.15) is 22.3 Å². The third-order valence-corrected chi connectivity index (χ3v) is 3.59. The van der Waals surface area contributed by atoms with Crippen LogP contribution in [0.4, 0.5) is 5.82 Å². The Balaban J connectivity index is 2.04. The number of rotatable bonds is 4. The Kier molecular flexibility index (Phi) is 3.97. The Morgan fingerprint density at radius 1 is 1.61 bits per heavy atom. The van der Waals surface area contributed by atoms with Gasteiger partial charge >= 0.3 is 0 Å². The van der Waals surface area contributed by atoms with Gasteiger partial charge in [-0.05, 0) is 44.5 Å². The van der Waals surface area contributed by atoms with E-state index in [-0.39, 0.29) is 0 Å². The molecule has 1 atom stereocenters. The summed E-state index contributed by atoms with van der Waals surface area (Å²) in [4.78, 5) is 19.7. The third kappa shape index (κ3) is 2.88. The normalized spacial score (nSPS) is 20.1. The largest absolute Gasteiger partial charge is 0.359 e. The van der Waals surface area contributed by atoms with Crippen molar-refractivity contribution >= 4 is 12.1 Å². The number of carbonyl (C=O) groups is 1. The van der Waals surface area contributed by atoms with E-state index in [0.29, 0.717) is 11.5 Å². The topological polar surface area (TPSA) is 36.4 Å². The highest BCUT2D eigenvalue weighted by Crippen LogP contribution is 2.21. The van der Waals surface area contributed by atoms with E-state index in [1.54, 1.807) is 6.20 Å². The summed E-state index contributed by atoms with van der Waals surface area (Å²) in [5.74, 6) is 1.70. The molecular weight excluding hydrogens is 226 g/mol. The Hall–Kier alpha value is -1.42. The van der Waals surface area contributed by atoms with Crippen LogP contribution in [0.15, 0.2) is 12.3 Å². The number of nitrogens with zero attached hydrogens (tertiary/aromatic N) is 3. The second-order valence-corrected chi connectivity index (χ2v) is 5.32. The maximum atomic E-state index is 10.7. The summed E-state index contributed by atoms with van der Waals surface area (Å²) >= 11 is 0. The van der Waals surface area contributed by atoms with E-state index in [4.69, 9.17) is 0 Å². The molecule has 0 saturated carbocycles. The standard InChI is InChI=1S/C14H21N3O/c1-11-6-13(10-18)7-15-14(11)17(3)9-12-4-5-16(2)8-12/h6-7,10,12H,4-5,8-9H2,1-3H3. The minimum absolute atomic E-state index is 0.644. The van der Waals surface area contributed by atoms with Crippen LogP contribution in [0.3, 0.4) is 0 Å². The first-order valence-corrected chi connectivity index (χ1v) is 6.41. The first-order chi connectivity index (χ1) is 8.60. The molecule has 4 heteroatoms. The van der Waals surface area contributed by atoms with Gasteiger partial charge in [-0.3, -0.25) is 4.79 Å². The Bertz CT molecular complexity index is 433. The molecule has 4 nitrogen and oxygen atoms in total. The summed E-state index contributed by atoms with van der Waals surface area (Å²) in [6.45, 7) is 5.38. The van der Waals surface area contributed by atoms with E-state index in [2.05, 4.69) is 28.9 Å². The highest BCUT2D eigenvalue weighted by molar-refractivity contribution is 5.75. The molecule has 98 valence electrons. The van der Waals surface area contributed by atoms with Crippen LogP contribution < -0.4 is 4.90 Å². The van der Waals surface area contributed by atoms with Crippen LogP contribution in [-0.4, -0.2) is 49.9 Å². The van der Waals surface area contributed by atoms with Crippen molar-refractivity contribution in [1.29, 1.82) is 0 Å². The highest BCUT2D eigenvalue weighted by Gasteiger charge is 2.21. The van der Waals surface area contributed by atoms with Gasteiger partial charge in [0.2, 0.25) is 0 Å². The van der Waals surface area contributed by atoms with Crippen LogP contribution >= 0.6 is 0 Å². The lowest BCUT2D eigenvalue weighted by atomic mass is 10.1. The van der Waals surface area contributed by atoms with Gasteiger partial charge in [0.05, 0.1) is 0 Å². The molecule has 2 rings (SSSR count). The lowest BCUT2D eigenvalue weighted by Crippen LogP contribution is -2.28. The van der Waals surface area contributed by atoms with Crippen molar-refractivity contribution in [2.45, 2.75) is 13.3 Å². The molecule has 0 aliphatic carbocycles. The number of anilines is 1. The molecule has 1 aliphatic rings. The van der Waals surface area contributed by atoms with E-state index in [1.165, 1.54) is 13.0 Å². The van der Waals surface area contributed by atoms with Crippen LogP contribution in [0.5, 0.6) is 0 Å². The second-order valence-electron chi connectivity index (χ2n) is 5.32. The van der Waals surface area contributed by atoms with Gasteiger partial charge in [0.15, 0.2) is 6.29 Å². The van der Waals surface area contributed by atoms with E-state index in [1.807, 2.05) is 13.0 Å². The van der Waals surface area contributed by atoms with Crippen molar-refractivity contribution in [3.63, 3.8) is 0 Å². The van der Waals surface area contributed by atoms with Gasteiger partial charge < -0.3 is 9.80 Å². The van der Waals surface area contributed by atoms with Crippen molar-refractivity contribution in [3.05, 3.63) is 23.4 Å². The van der Waals surface area contributed by atoms with Crippen molar-refractivity contribution in [3.8, 4) is 0 Å². The SMILES string of the molecule is Cc1cc(C=O)cnc1N(C)CC1CCN(C)C1. The summed E-state index contributed by atoms with van der Waals surface area (Å²) in [7, 11) is 4.25. The predicted molar refractivity (Wildman–Crippen MR) is 73.2 cm³/mol. The number of hydrogen-bond donors (Lipinski definition) is 0. The number of carbonyl (C=O) groups excluding carboxylic acids is 1. The van der Waals surface area contributed by atoms with Crippen molar-refractivity contribution in [1.82, 2.24) is 9.88 Å². The maximum absolute atomic E-state index is 10.7. The fourth-order valence-corrected chi connectivity index (χ4v) is 2.70. The average Bonchev–Trinajstić information content (AvgIpc) is 2.74. The summed E-state index contributed by atoms with van der Waals surface area (Å²) in [6, 6.07) is 1.90. The minimum Gasteiger partial charge on any atom is -0.359 e. The van der Waals surface area contributed by atoms with E-state index >= 15 is 0 Å². The van der Waals surface area contributed by atoms with Gasteiger partial charge in [-0.15, -0.1) is 0 Å². The molecule has 18 heavy (non-hydrogen) atoms. The Morgan fingerprint density at radius 2 is 2.39 bits per heavy atom. The third-order valence-electron chi connectivity index (χ3n) is 3.59. The molecular formula is C14H21N3O. The smallest absolute Gasteiger partial charge is 0.151 e. The number of aromatic nitrogens is 1. The molecule has 1 unspecified atom stereocenters. The zero-order chi connectivity index (χ0) is 13.1. The van der Waals surface area contributed by atoms with Gasteiger partial charge in [-0.1, -0.05) is 0 Å².